The van der Waals surface area contributed by atoms with E-state index < -0.39 is 0 Å². The van der Waals surface area contributed by atoms with Crippen LogP contribution in [0, 0.1) is 0 Å². The first kappa shape index (κ1) is 18.8. The smallest absolute Gasteiger partial charge is 0.260 e. The summed E-state index contributed by atoms with van der Waals surface area (Å²) in [5.74, 6) is 1.06. The number of ether oxygens (including phenoxy) is 2. The van der Waals surface area contributed by atoms with Crippen LogP contribution < -0.4 is 9.47 Å². The topological polar surface area (TPSA) is 64.0 Å². The van der Waals surface area contributed by atoms with Crippen LogP contribution in [-0.4, -0.2) is 66.1 Å². The van der Waals surface area contributed by atoms with E-state index in [9.17, 15) is 9.59 Å². The number of amides is 2. The Labute approximate surface area is 159 Å². The zero-order chi connectivity index (χ0) is 19.2. The molecule has 0 saturated carbocycles. The Bertz CT molecular complexity index is 802. The van der Waals surface area contributed by atoms with Crippen molar-refractivity contribution in [2.24, 2.45) is 7.05 Å². The highest BCUT2D eigenvalue weighted by Crippen LogP contribution is 2.25. The maximum Gasteiger partial charge on any atom is 0.260 e. The van der Waals surface area contributed by atoms with Crippen LogP contribution in [0.25, 0.3) is 0 Å². The molecule has 1 aliphatic rings. The van der Waals surface area contributed by atoms with Gasteiger partial charge in [-0.25, -0.2) is 0 Å². The Hall–Kier alpha value is -2.96. The van der Waals surface area contributed by atoms with E-state index in [4.69, 9.17) is 9.47 Å². The second-order valence-corrected chi connectivity index (χ2v) is 6.53. The lowest BCUT2D eigenvalue weighted by Crippen LogP contribution is -2.39. The maximum atomic E-state index is 12.6. The Kier molecular flexibility index (Phi) is 6.01. The normalized spacial score (nSPS) is 14.6. The predicted molar refractivity (Wildman–Crippen MR) is 101 cm³/mol. The molecule has 2 aromatic rings. The van der Waals surface area contributed by atoms with Crippen molar-refractivity contribution in [2.45, 2.75) is 6.42 Å². The molecule has 7 heteroatoms. The number of benzene rings is 1. The summed E-state index contributed by atoms with van der Waals surface area (Å²) in [6, 6.07) is 9.06. The predicted octanol–water partition coefficient (Wildman–Crippen LogP) is 1.79. The van der Waals surface area contributed by atoms with Gasteiger partial charge in [0.15, 0.2) is 18.1 Å². The summed E-state index contributed by atoms with van der Waals surface area (Å²) in [5.41, 5.74) is 0.678. The number of nitrogens with zero attached hydrogens (tertiary/aromatic N) is 3. The molecule has 27 heavy (non-hydrogen) atoms. The number of aromatic nitrogens is 1. The molecule has 1 aromatic heterocycles. The summed E-state index contributed by atoms with van der Waals surface area (Å²) in [5, 5.41) is 0. The molecule has 1 saturated heterocycles. The summed E-state index contributed by atoms with van der Waals surface area (Å²) < 4.78 is 12.7. The summed E-state index contributed by atoms with van der Waals surface area (Å²) >= 11 is 0. The van der Waals surface area contributed by atoms with Gasteiger partial charge in [0, 0.05) is 45.6 Å². The Balaban J connectivity index is 1.54. The Morgan fingerprint density at radius 1 is 1.00 bits per heavy atom. The highest BCUT2D eigenvalue weighted by Gasteiger charge is 2.23. The van der Waals surface area contributed by atoms with Gasteiger partial charge in [0.25, 0.3) is 11.8 Å². The van der Waals surface area contributed by atoms with Gasteiger partial charge in [-0.05, 0) is 24.6 Å². The minimum Gasteiger partial charge on any atom is -0.493 e. The number of para-hydroxylation sites is 2. The molecule has 2 heterocycles. The zero-order valence-corrected chi connectivity index (χ0v) is 15.8. The number of hydrogen-bond acceptors (Lipinski definition) is 4. The van der Waals surface area contributed by atoms with Crippen LogP contribution in [0.4, 0.5) is 0 Å². The van der Waals surface area contributed by atoms with E-state index in [1.807, 2.05) is 47.1 Å². The van der Waals surface area contributed by atoms with Crippen LogP contribution >= 0.6 is 0 Å². The molecule has 0 spiro atoms. The van der Waals surface area contributed by atoms with E-state index in [-0.39, 0.29) is 18.4 Å². The fourth-order valence-electron chi connectivity index (χ4n) is 3.15. The van der Waals surface area contributed by atoms with E-state index >= 15 is 0 Å². The van der Waals surface area contributed by atoms with E-state index in [1.54, 1.807) is 24.1 Å². The highest BCUT2D eigenvalue weighted by atomic mass is 16.5. The van der Waals surface area contributed by atoms with Gasteiger partial charge in [-0.15, -0.1) is 0 Å². The van der Waals surface area contributed by atoms with Crippen LogP contribution in [-0.2, 0) is 11.8 Å². The summed E-state index contributed by atoms with van der Waals surface area (Å²) in [4.78, 5) is 28.7. The second-order valence-electron chi connectivity index (χ2n) is 6.53. The third-order valence-electron chi connectivity index (χ3n) is 4.63. The Morgan fingerprint density at radius 2 is 1.70 bits per heavy atom. The number of carbonyl (C=O) groups excluding carboxylic acids is 2. The first-order valence-electron chi connectivity index (χ1n) is 9.03. The lowest BCUT2D eigenvalue weighted by Gasteiger charge is -2.22. The van der Waals surface area contributed by atoms with Crippen molar-refractivity contribution in [1.29, 1.82) is 0 Å². The second kappa shape index (κ2) is 8.62. The molecule has 1 aliphatic heterocycles. The van der Waals surface area contributed by atoms with Gasteiger partial charge < -0.3 is 23.8 Å². The number of methoxy groups -OCH3 is 1. The molecule has 1 aromatic carbocycles. The van der Waals surface area contributed by atoms with Crippen molar-refractivity contribution in [3.05, 3.63) is 48.3 Å². The third kappa shape index (κ3) is 4.61. The van der Waals surface area contributed by atoms with Gasteiger partial charge in [-0.3, -0.25) is 9.59 Å². The van der Waals surface area contributed by atoms with Crippen LogP contribution in [0.15, 0.2) is 42.7 Å². The fraction of sp³-hybridized carbons (Fsp3) is 0.400. The molecule has 0 N–H and O–H groups in total. The summed E-state index contributed by atoms with van der Waals surface area (Å²) in [6.45, 7) is 2.24. The van der Waals surface area contributed by atoms with Gasteiger partial charge in [0.2, 0.25) is 0 Å². The maximum absolute atomic E-state index is 12.6. The van der Waals surface area contributed by atoms with Gasteiger partial charge >= 0.3 is 0 Å². The van der Waals surface area contributed by atoms with Gasteiger partial charge in [-0.2, -0.15) is 0 Å². The molecule has 0 atom stereocenters. The molecular weight excluding hydrogens is 346 g/mol. The quantitative estimate of drug-likeness (QED) is 0.804. The molecule has 7 nitrogen and oxygen atoms in total. The number of rotatable bonds is 5. The van der Waals surface area contributed by atoms with E-state index in [1.165, 1.54) is 0 Å². The SMILES string of the molecule is COc1ccccc1OCC(=O)N1CCCN(C(=O)c2ccn(C)c2)CC1. The van der Waals surface area contributed by atoms with Crippen molar-refractivity contribution in [3.8, 4) is 11.5 Å². The highest BCUT2D eigenvalue weighted by molar-refractivity contribution is 5.94. The standard InChI is InChI=1S/C20H25N3O4/c1-21-11-8-16(14-21)20(25)23-10-5-9-22(12-13-23)19(24)15-27-18-7-4-3-6-17(18)26-2/h3-4,6-8,11,14H,5,9-10,12-13,15H2,1-2H3. The first-order valence-corrected chi connectivity index (χ1v) is 9.03. The van der Waals surface area contributed by atoms with Gasteiger partial charge in [0.05, 0.1) is 12.7 Å². The zero-order valence-electron chi connectivity index (χ0n) is 15.8. The average molecular weight is 371 g/mol. The molecule has 0 bridgehead atoms. The third-order valence-corrected chi connectivity index (χ3v) is 4.63. The molecule has 144 valence electrons. The van der Waals surface area contributed by atoms with Crippen LogP contribution in [0.2, 0.25) is 0 Å². The van der Waals surface area contributed by atoms with Crippen LogP contribution in [0.1, 0.15) is 16.8 Å². The summed E-state index contributed by atoms with van der Waals surface area (Å²) in [6.07, 6.45) is 4.42. The van der Waals surface area contributed by atoms with Crippen molar-refractivity contribution in [1.82, 2.24) is 14.4 Å². The van der Waals surface area contributed by atoms with Crippen LogP contribution in [0.5, 0.6) is 11.5 Å². The van der Waals surface area contributed by atoms with E-state index in [0.717, 1.165) is 6.42 Å². The van der Waals surface area contributed by atoms with E-state index in [2.05, 4.69) is 0 Å². The lowest BCUT2D eigenvalue weighted by molar-refractivity contribution is -0.133. The number of hydrogen-bond donors (Lipinski definition) is 0. The van der Waals surface area contributed by atoms with Gasteiger partial charge in [0.1, 0.15) is 0 Å². The molecule has 0 radical (unpaired) electrons. The summed E-state index contributed by atoms with van der Waals surface area (Å²) in [7, 11) is 3.46. The molecule has 0 aliphatic carbocycles. The molecule has 2 amide bonds. The fourth-order valence-corrected chi connectivity index (χ4v) is 3.15. The minimum absolute atomic E-state index is 0.00942. The molecule has 3 rings (SSSR count). The van der Waals surface area contributed by atoms with E-state index in [0.29, 0.717) is 43.2 Å². The van der Waals surface area contributed by atoms with Gasteiger partial charge in [-0.1, -0.05) is 12.1 Å². The van der Waals surface area contributed by atoms with Crippen molar-refractivity contribution in [2.75, 3.05) is 39.9 Å². The largest absolute Gasteiger partial charge is 0.493 e. The average Bonchev–Trinajstić information content (AvgIpc) is 2.97. The molecular formula is C20H25N3O4. The molecule has 0 unspecified atom stereocenters. The Morgan fingerprint density at radius 3 is 2.41 bits per heavy atom. The van der Waals surface area contributed by atoms with Crippen LogP contribution in [0.3, 0.4) is 0 Å². The number of aryl methyl sites for hydroxylation is 1. The van der Waals surface area contributed by atoms with Crippen molar-refractivity contribution < 1.29 is 19.1 Å². The van der Waals surface area contributed by atoms with Crippen molar-refractivity contribution >= 4 is 11.8 Å². The van der Waals surface area contributed by atoms with Crippen molar-refractivity contribution in [3.63, 3.8) is 0 Å². The lowest BCUT2D eigenvalue weighted by atomic mass is 10.3. The monoisotopic (exact) mass is 371 g/mol. The number of carbonyl (C=O) groups is 2. The first-order chi connectivity index (χ1) is 13.1. The molecule has 1 fully saturated rings. The minimum atomic E-state index is -0.0880.